The van der Waals surface area contributed by atoms with Crippen LogP contribution in [-0.4, -0.2) is 26.0 Å². The summed E-state index contributed by atoms with van der Waals surface area (Å²) in [6, 6.07) is 8.62. The molecular formula is C14H19NO3S. The third-order valence-electron chi connectivity index (χ3n) is 3.13. The van der Waals surface area contributed by atoms with Gasteiger partial charge in [-0.05, 0) is 37.1 Å². The number of hydrogen-bond acceptors (Lipinski definition) is 4. The number of rotatable bonds is 6. The summed E-state index contributed by atoms with van der Waals surface area (Å²) in [5.74, 6) is 0.679. The van der Waals surface area contributed by atoms with Crippen molar-refractivity contribution < 1.29 is 13.2 Å². The first-order chi connectivity index (χ1) is 8.86. The Bertz CT molecular complexity index is 541. The van der Waals surface area contributed by atoms with Gasteiger partial charge in [-0.3, -0.25) is 0 Å². The SMILES string of the molecule is CC(C)C(C)S(=O)(=O)CCOc1ccc(C#N)cc1. The molecule has 0 aliphatic rings. The summed E-state index contributed by atoms with van der Waals surface area (Å²) >= 11 is 0. The lowest BCUT2D eigenvalue weighted by Gasteiger charge is -2.16. The van der Waals surface area contributed by atoms with Crippen molar-refractivity contribution in [2.45, 2.75) is 26.0 Å². The maximum atomic E-state index is 11.9. The lowest BCUT2D eigenvalue weighted by atomic mass is 10.2. The molecule has 0 saturated heterocycles. The van der Waals surface area contributed by atoms with E-state index in [0.29, 0.717) is 11.3 Å². The first kappa shape index (κ1) is 15.5. The summed E-state index contributed by atoms with van der Waals surface area (Å²) in [6.45, 7) is 5.64. The average molecular weight is 281 g/mol. The molecule has 1 aromatic carbocycles. The quantitative estimate of drug-likeness (QED) is 0.803. The Labute approximate surface area is 114 Å². The zero-order valence-corrected chi connectivity index (χ0v) is 12.3. The maximum Gasteiger partial charge on any atom is 0.156 e. The first-order valence-electron chi connectivity index (χ1n) is 6.21. The van der Waals surface area contributed by atoms with Crippen molar-refractivity contribution in [1.82, 2.24) is 0 Å². The van der Waals surface area contributed by atoms with Gasteiger partial charge in [0.1, 0.15) is 12.4 Å². The molecule has 0 aliphatic carbocycles. The molecule has 0 bridgehead atoms. The van der Waals surface area contributed by atoms with Crippen LogP contribution in [-0.2, 0) is 9.84 Å². The normalized spacial score (nSPS) is 13.0. The molecule has 1 unspecified atom stereocenters. The molecule has 19 heavy (non-hydrogen) atoms. The third kappa shape index (κ3) is 4.56. The predicted octanol–water partition coefficient (Wildman–Crippen LogP) is 2.40. The van der Waals surface area contributed by atoms with Gasteiger partial charge in [0.2, 0.25) is 0 Å². The third-order valence-corrected chi connectivity index (χ3v) is 5.54. The fourth-order valence-electron chi connectivity index (χ4n) is 1.50. The largest absolute Gasteiger partial charge is 0.493 e. The second-order valence-corrected chi connectivity index (χ2v) is 7.28. The van der Waals surface area contributed by atoms with Crippen molar-refractivity contribution in [2.75, 3.05) is 12.4 Å². The summed E-state index contributed by atoms with van der Waals surface area (Å²) in [6.07, 6.45) is 0. The van der Waals surface area contributed by atoms with Gasteiger partial charge in [0.15, 0.2) is 9.84 Å². The van der Waals surface area contributed by atoms with Crippen LogP contribution < -0.4 is 4.74 Å². The Balaban J connectivity index is 2.52. The van der Waals surface area contributed by atoms with Gasteiger partial charge >= 0.3 is 0 Å². The summed E-state index contributed by atoms with van der Waals surface area (Å²) in [5.41, 5.74) is 0.549. The van der Waals surface area contributed by atoms with E-state index in [2.05, 4.69) is 0 Å². The molecule has 5 heteroatoms. The first-order valence-corrected chi connectivity index (χ1v) is 7.93. The molecule has 1 aromatic rings. The Kier molecular flexibility index (Phi) is 5.37. The zero-order chi connectivity index (χ0) is 14.5. The lowest BCUT2D eigenvalue weighted by Crippen LogP contribution is -2.28. The molecule has 1 rings (SSSR count). The van der Waals surface area contributed by atoms with E-state index in [0.717, 1.165) is 0 Å². The predicted molar refractivity (Wildman–Crippen MR) is 74.7 cm³/mol. The number of nitriles is 1. The van der Waals surface area contributed by atoms with Crippen molar-refractivity contribution in [3.63, 3.8) is 0 Å². The molecule has 0 N–H and O–H groups in total. The summed E-state index contributed by atoms with van der Waals surface area (Å²) < 4.78 is 29.3. The summed E-state index contributed by atoms with van der Waals surface area (Å²) in [7, 11) is -3.12. The standard InChI is InChI=1S/C14H19NO3S/c1-11(2)12(3)19(16,17)9-8-18-14-6-4-13(10-15)5-7-14/h4-7,11-12H,8-9H2,1-3H3. The zero-order valence-electron chi connectivity index (χ0n) is 11.5. The van der Waals surface area contributed by atoms with Crippen LogP contribution in [0.1, 0.15) is 26.3 Å². The van der Waals surface area contributed by atoms with Crippen LogP contribution in [0.2, 0.25) is 0 Å². The number of nitrogens with zero attached hydrogens (tertiary/aromatic N) is 1. The monoisotopic (exact) mass is 281 g/mol. The molecule has 0 saturated carbocycles. The second-order valence-electron chi connectivity index (χ2n) is 4.80. The Morgan fingerprint density at radius 1 is 1.21 bits per heavy atom. The van der Waals surface area contributed by atoms with Gasteiger partial charge < -0.3 is 4.74 Å². The fraction of sp³-hybridized carbons (Fsp3) is 0.500. The number of sulfone groups is 1. The average Bonchev–Trinajstić information content (AvgIpc) is 2.38. The van der Waals surface area contributed by atoms with E-state index in [9.17, 15) is 8.42 Å². The van der Waals surface area contributed by atoms with E-state index in [1.807, 2.05) is 19.9 Å². The van der Waals surface area contributed by atoms with Crippen molar-refractivity contribution >= 4 is 9.84 Å². The molecule has 0 radical (unpaired) electrons. The van der Waals surface area contributed by atoms with Crippen LogP contribution in [0, 0.1) is 17.2 Å². The van der Waals surface area contributed by atoms with Gasteiger partial charge in [-0.1, -0.05) is 13.8 Å². The van der Waals surface area contributed by atoms with E-state index < -0.39 is 9.84 Å². The minimum atomic E-state index is -3.12. The van der Waals surface area contributed by atoms with Crippen LogP contribution in [0.3, 0.4) is 0 Å². The van der Waals surface area contributed by atoms with Gasteiger partial charge in [-0.25, -0.2) is 8.42 Å². The van der Waals surface area contributed by atoms with Crippen LogP contribution in [0.15, 0.2) is 24.3 Å². The molecular weight excluding hydrogens is 262 g/mol. The molecule has 0 spiro atoms. The van der Waals surface area contributed by atoms with E-state index in [-0.39, 0.29) is 23.5 Å². The van der Waals surface area contributed by atoms with Crippen LogP contribution in [0.5, 0.6) is 5.75 Å². The van der Waals surface area contributed by atoms with Crippen LogP contribution >= 0.6 is 0 Å². The second kappa shape index (κ2) is 6.58. The molecule has 4 nitrogen and oxygen atoms in total. The van der Waals surface area contributed by atoms with E-state index in [1.165, 1.54) is 0 Å². The van der Waals surface area contributed by atoms with Gasteiger partial charge in [0.25, 0.3) is 0 Å². The smallest absolute Gasteiger partial charge is 0.156 e. The van der Waals surface area contributed by atoms with Gasteiger partial charge in [0, 0.05) is 0 Å². The molecule has 0 amide bonds. The van der Waals surface area contributed by atoms with E-state index in [1.54, 1.807) is 31.2 Å². The van der Waals surface area contributed by atoms with Crippen molar-refractivity contribution in [3.05, 3.63) is 29.8 Å². The van der Waals surface area contributed by atoms with Gasteiger partial charge in [-0.15, -0.1) is 0 Å². The highest BCUT2D eigenvalue weighted by Gasteiger charge is 2.23. The van der Waals surface area contributed by atoms with Crippen LogP contribution in [0.4, 0.5) is 0 Å². The van der Waals surface area contributed by atoms with E-state index >= 15 is 0 Å². The molecule has 0 heterocycles. The number of hydrogen-bond donors (Lipinski definition) is 0. The highest BCUT2D eigenvalue weighted by molar-refractivity contribution is 7.92. The Morgan fingerprint density at radius 2 is 1.79 bits per heavy atom. The van der Waals surface area contributed by atoms with E-state index in [4.69, 9.17) is 10.00 Å². The number of benzene rings is 1. The molecule has 1 atom stereocenters. The Morgan fingerprint density at radius 3 is 2.26 bits per heavy atom. The van der Waals surface area contributed by atoms with Crippen molar-refractivity contribution in [1.29, 1.82) is 5.26 Å². The van der Waals surface area contributed by atoms with Gasteiger partial charge in [-0.2, -0.15) is 5.26 Å². The fourth-order valence-corrected chi connectivity index (χ4v) is 3.02. The molecule has 0 aliphatic heterocycles. The Hall–Kier alpha value is -1.54. The summed E-state index contributed by atoms with van der Waals surface area (Å²) in [5, 5.41) is 8.29. The maximum absolute atomic E-state index is 11.9. The molecule has 0 aromatic heterocycles. The van der Waals surface area contributed by atoms with Crippen molar-refractivity contribution in [3.8, 4) is 11.8 Å². The highest BCUT2D eigenvalue weighted by atomic mass is 32.2. The molecule has 0 fully saturated rings. The van der Waals surface area contributed by atoms with Gasteiger partial charge in [0.05, 0.1) is 22.6 Å². The van der Waals surface area contributed by atoms with Crippen molar-refractivity contribution in [2.24, 2.45) is 5.92 Å². The number of ether oxygens (including phenoxy) is 1. The summed E-state index contributed by atoms with van der Waals surface area (Å²) in [4.78, 5) is 0. The van der Waals surface area contributed by atoms with Crippen LogP contribution in [0.25, 0.3) is 0 Å². The topological polar surface area (TPSA) is 67.2 Å². The minimum absolute atomic E-state index is 0.00630. The lowest BCUT2D eigenvalue weighted by molar-refractivity contribution is 0.340. The minimum Gasteiger partial charge on any atom is -0.493 e. The molecule has 104 valence electrons. The highest BCUT2D eigenvalue weighted by Crippen LogP contribution is 2.14.